The Morgan fingerprint density at radius 1 is 1.23 bits per heavy atom. The molecule has 7 nitrogen and oxygen atoms in total. The third-order valence-electron chi connectivity index (χ3n) is 4.39. The summed E-state index contributed by atoms with van der Waals surface area (Å²) < 4.78 is 18.5. The molecule has 9 heteroatoms. The lowest BCUT2D eigenvalue weighted by Gasteiger charge is -2.30. The molecule has 30 heavy (non-hydrogen) atoms. The van der Waals surface area contributed by atoms with Gasteiger partial charge in [-0.1, -0.05) is 23.9 Å². The number of rotatable bonds is 5. The van der Waals surface area contributed by atoms with Crippen molar-refractivity contribution in [3.63, 3.8) is 0 Å². The highest BCUT2D eigenvalue weighted by Crippen LogP contribution is 2.30. The smallest absolute Gasteiger partial charge is 0.337 e. The van der Waals surface area contributed by atoms with Crippen molar-refractivity contribution in [2.24, 2.45) is 4.99 Å². The SMILES string of the molecule is CCN1C(=O)CC(C(=O)Nc2ccccc2F)SC1=Nc1ccc(C(=O)OC)cc1. The number of carbonyl (C=O) groups excluding carboxylic acids is 3. The van der Waals surface area contributed by atoms with Gasteiger partial charge in [-0.25, -0.2) is 14.2 Å². The molecule has 1 fully saturated rings. The Morgan fingerprint density at radius 3 is 2.57 bits per heavy atom. The number of thioether (sulfide) groups is 1. The van der Waals surface area contributed by atoms with Crippen LogP contribution in [0.1, 0.15) is 23.7 Å². The van der Waals surface area contributed by atoms with Crippen LogP contribution in [0.15, 0.2) is 53.5 Å². The fourth-order valence-corrected chi connectivity index (χ4v) is 3.99. The second-order valence-corrected chi connectivity index (χ2v) is 7.52. The summed E-state index contributed by atoms with van der Waals surface area (Å²) in [6, 6.07) is 12.2. The number of carbonyl (C=O) groups is 3. The molecule has 1 heterocycles. The molecule has 2 aromatic rings. The van der Waals surface area contributed by atoms with Crippen molar-refractivity contribution in [3.05, 3.63) is 59.9 Å². The Morgan fingerprint density at radius 2 is 1.93 bits per heavy atom. The second-order valence-electron chi connectivity index (χ2n) is 6.35. The normalized spacial score (nSPS) is 17.7. The highest BCUT2D eigenvalue weighted by Gasteiger charge is 2.35. The van der Waals surface area contributed by atoms with Gasteiger partial charge in [-0.3, -0.25) is 14.5 Å². The Bertz CT molecular complexity index is 994. The molecule has 2 amide bonds. The molecule has 1 saturated heterocycles. The maximum Gasteiger partial charge on any atom is 0.337 e. The van der Waals surface area contributed by atoms with Crippen LogP contribution in [0.4, 0.5) is 15.8 Å². The molecule has 0 saturated carbocycles. The molecule has 1 atom stereocenters. The molecule has 0 spiro atoms. The van der Waals surface area contributed by atoms with Crippen LogP contribution in [-0.4, -0.2) is 46.8 Å². The molecular formula is C21H20FN3O4S. The largest absolute Gasteiger partial charge is 0.465 e. The van der Waals surface area contributed by atoms with Crippen molar-refractivity contribution < 1.29 is 23.5 Å². The summed E-state index contributed by atoms with van der Waals surface area (Å²) in [6.07, 6.45) is -0.0148. The predicted molar refractivity (Wildman–Crippen MR) is 113 cm³/mol. The molecule has 0 radical (unpaired) electrons. The Kier molecular flexibility index (Phi) is 6.83. The zero-order valence-electron chi connectivity index (χ0n) is 16.4. The number of hydrogen-bond donors (Lipinski definition) is 1. The van der Waals surface area contributed by atoms with E-state index in [9.17, 15) is 18.8 Å². The number of esters is 1. The number of halogens is 1. The number of benzene rings is 2. The first-order valence-corrected chi connectivity index (χ1v) is 10.1. The molecular weight excluding hydrogens is 409 g/mol. The summed E-state index contributed by atoms with van der Waals surface area (Å²) in [5, 5.41) is 2.16. The molecule has 1 aliphatic heterocycles. The topological polar surface area (TPSA) is 88.1 Å². The minimum atomic E-state index is -0.743. The van der Waals surface area contributed by atoms with E-state index in [-0.39, 0.29) is 18.0 Å². The van der Waals surface area contributed by atoms with Crippen LogP contribution < -0.4 is 5.32 Å². The summed E-state index contributed by atoms with van der Waals surface area (Å²) in [7, 11) is 1.30. The second kappa shape index (κ2) is 9.53. The minimum absolute atomic E-state index is 0.0148. The molecule has 156 valence electrons. The fraction of sp³-hybridized carbons (Fsp3) is 0.238. The van der Waals surface area contributed by atoms with Crippen molar-refractivity contribution >= 4 is 46.1 Å². The zero-order chi connectivity index (χ0) is 21.7. The van der Waals surface area contributed by atoms with Gasteiger partial charge in [0.05, 0.1) is 24.0 Å². The van der Waals surface area contributed by atoms with Crippen molar-refractivity contribution in [1.82, 2.24) is 4.90 Å². The van der Waals surface area contributed by atoms with Crippen LogP contribution in [0.5, 0.6) is 0 Å². The molecule has 1 unspecified atom stereocenters. The number of amides is 2. The number of nitrogens with one attached hydrogen (secondary N) is 1. The van der Waals surface area contributed by atoms with Gasteiger partial charge in [-0.15, -0.1) is 0 Å². The minimum Gasteiger partial charge on any atom is -0.465 e. The number of amidine groups is 1. The molecule has 3 rings (SSSR count). The number of para-hydroxylation sites is 1. The zero-order valence-corrected chi connectivity index (χ0v) is 17.2. The fourth-order valence-electron chi connectivity index (χ4n) is 2.83. The number of hydrogen-bond acceptors (Lipinski definition) is 6. The van der Waals surface area contributed by atoms with E-state index < -0.39 is 22.9 Å². The molecule has 0 bridgehead atoms. The lowest BCUT2D eigenvalue weighted by atomic mass is 10.2. The third kappa shape index (κ3) is 4.85. The van der Waals surface area contributed by atoms with E-state index in [1.54, 1.807) is 30.3 Å². The maximum atomic E-state index is 13.8. The monoisotopic (exact) mass is 429 g/mol. The van der Waals surface area contributed by atoms with Crippen LogP contribution in [0.25, 0.3) is 0 Å². The first-order valence-electron chi connectivity index (χ1n) is 9.22. The van der Waals surface area contributed by atoms with Gasteiger partial charge < -0.3 is 10.1 Å². The molecule has 2 aromatic carbocycles. The van der Waals surface area contributed by atoms with Gasteiger partial charge in [0.25, 0.3) is 0 Å². The van der Waals surface area contributed by atoms with E-state index in [0.717, 1.165) is 11.8 Å². The van der Waals surface area contributed by atoms with Gasteiger partial charge >= 0.3 is 5.97 Å². The number of nitrogens with zero attached hydrogens (tertiary/aromatic N) is 2. The number of anilines is 1. The molecule has 1 aliphatic rings. The molecule has 0 aromatic heterocycles. The van der Waals surface area contributed by atoms with Crippen molar-refractivity contribution in [3.8, 4) is 0 Å². The van der Waals surface area contributed by atoms with E-state index in [1.807, 2.05) is 6.92 Å². The summed E-state index contributed by atoms with van der Waals surface area (Å²) in [6.45, 7) is 2.21. The first-order chi connectivity index (χ1) is 14.4. The number of methoxy groups -OCH3 is 1. The standard InChI is InChI=1S/C21H20FN3O4S/c1-3-25-18(26)12-17(19(27)24-16-7-5-4-6-15(16)22)30-21(25)23-14-10-8-13(9-11-14)20(28)29-2/h4-11,17H,3,12H2,1-2H3,(H,24,27). The average Bonchev–Trinajstić information content (AvgIpc) is 2.75. The lowest BCUT2D eigenvalue weighted by Crippen LogP contribution is -2.45. The van der Waals surface area contributed by atoms with Crippen LogP contribution in [0.2, 0.25) is 0 Å². The van der Waals surface area contributed by atoms with Crippen LogP contribution in [0, 0.1) is 5.82 Å². The van der Waals surface area contributed by atoms with Crippen molar-refractivity contribution in [2.45, 2.75) is 18.6 Å². The van der Waals surface area contributed by atoms with E-state index in [4.69, 9.17) is 0 Å². The predicted octanol–water partition coefficient (Wildman–Crippen LogP) is 3.59. The summed E-state index contributed by atoms with van der Waals surface area (Å²) >= 11 is 1.14. The Hall–Kier alpha value is -3.20. The highest BCUT2D eigenvalue weighted by molar-refractivity contribution is 8.15. The van der Waals surface area contributed by atoms with E-state index in [0.29, 0.717) is 23.0 Å². The summed E-state index contributed by atoms with van der Waals surface area (Å²) in [4.78, 5) is 42.7. The lowest BCUT2D eigenvalue weighted by molar-refractivity contribution is -0.129. The summed E-state index contributed by atoms with van der Waals surface area (Å²) in [5.74, 6) is -1.72. The van der Waals surface area contributed by atoms with E-state index >= 15 is 0 Å². The molecule has 1 N–H and O–H groups in total. The summed E-state index contributed by atoms with van der Waals surface area (Å²) in [5.41, 5.74) is 0.959. The quantitative estimate of drug-likeness (QED) is 0.734. The van der Waals surface area contributed by atoms with Crippen LogP contribution >= 0.6 is 11.8 Å². The van der Waals surface area contributed by atoms with Gasteiger partial charge in [-0.2, -0.15) is 0 Å². The Balaban J connectivity index is 1.81. The van der Waals surface area contributed by atoms with Gasteiger partial charge in [0.1, 0.15) is 11.1 Å². The van der Waals surface area contributed by atoms with Crippen LogP contribution in [-0.2, 0) is 14.3 Å². The van der Waals surface area contributed by atoms with Gasteiger partial charge in [0.15, 0.2) is 5.17 Å². The average molecular weight is 429 g/mol. The highest BCUT2D eigenvalue weighted by atomic mass is 32.2. The van der Waals surface area contributed by atoms with Gasteiger partial charge in [-0.05, 0) is 43.3 Å². The van der Waals surface area contributed by atoms with E-state index in [1.165, 1.54) is 30.2 Å². The Labute approximate surface area is 177 Å². The third-order valence-corrected chi connectivity index (χ3v) is 5.58. The van der Waals surface area contributed by atoms with Gasteiger partial charge in [0, 0.05) is 13.0 Å². The van der Waals surface area contributed by atoms with Crippen molar-refractivity contribution in [2.75, 3.05) is 19.0 Å². The number of aliphatic imine (C=N–C) groups is 1. The van der Waals surface area contributed by atoms with E-state index in [2.05, 4.69) is 15.0 Å². The molecule has 0 aliphatic carbocycles. The maximum absolute atomic E-state index is 13.8. The van der Waals surface area contributed by atoms with Gasteiger partial charge in [0.2, 0.25) is 11.8 Å². The van der Waals surface area contributed by atoms with Crippen molar-refractivity contribution in [1.29, 1.82) is 0 Å². The first kappa shape index (κ1) is 21.5. The number of ether oxygens (including phenoxy) is 1. The van der Waals surface area contributed by atoms with Crippen LogP contribution in [0.3, 0.4) is 0 Å².